The molecule has 1 N–H and O–H groups in total. The van der Waals surface area contributed by atoms with Crippen molar-refractivity contribution in [2.75, 3.05) is 19.7 Å². The van der Waals surface area contributed by atoms with Crippen molar-refractivity contribution in [3.05, 3.63) is 35.4 Å². The number of carbonyl (C=O) groups excluding carboxylic acids is 1. The minimum Gasteiger partial charge on any atom is -0.493 e. The summed E-state index contributed by atoms with van der Waals surface area (Å²) in [5.41, 5.74) is -0.00575. The van der Waals surface area contributed by atoms with Crippen molar-refractivity contribution in [3.63, 3.8) is 0 Å². The first-order chi connectivity index (χ1) is 13.1. The van der Waals surface area contributed by atoms with Crippen LogP contribution in [-0.4, -0.2) is 42.6 Å². The molecule has 0 unspecified atom stereocenters. The molecule has 1 saturated carbocycles. The Hall–Kier alpha value is -2.64. The number of hydrogen-bond acceptors (Lipinski definition) is 4. The molecule has 2 fully saturated rings. The summed E-state index contributed by atoms with van der Waals surface area (Å²) < 4.78 is 19.3. The number of likely N-dealkylation sites (tertiary alicyclic amines) is 1. The van der Waals surface area contributed by atoms with Gasteiger partial charge in [-0.25, -0.2) is 9.24 Å². The van der Waals surface area contributed by atoms with Crippen molar-refractivity contribution >= 4 is 11.6 Å². The standard InChI is InChI=1S/C20H23FN4O2/c1-23-19-7-6-17(10-18(19)21)27-13-14-4-5-15(9-14)24-12-20(26)25-8-2-3-16(25)11-22/h6-7,10,14-16,24H,2-5,8-9,12-13H2/t14-,15+,16-/m0/s1. The second-order valence-electron chi connectivity index (χ2n) is 7.17. The molecule has 1 aliphatic heterocycles. The molecular formula is C20H23FN4O2. The minimum atomic E-state index is -0.565. The van der Waals surface area contributed by atoms with Gasteiger partial charge in [0, 0.05) is 18.7 Å². The summed E-state index contributed by atoms with van der Waals surface area (Å²) in [4.78, 5) is 17.0. The highest BCUT2D eigenvalue weighted by molar-refractivity contribution is 5.79. The molecule has 0 spiro atoms. The maximum absolute atomic E-state index is 13.6. The van der Waals surface area contributed by atoms with E-state index in [0.717, 1.165) is 32.1 Å². The Labute approximate surface area is 158 Å². The van der Waals surface area contributed by atoms with Gasteiger partial charge in [0.15, 0.2) is 0 Å². The number of benzene rings is 1. The lowest BCUT2D eigenvalue weighted by atomic mass is 10.1. The molecule has 6 nitrogen and oxygen atoms in total. The molecule has 1 aromatic carbocycles. The maximum atomic E-state index is 13.6. The van der Waals surface area contributed by atoms with Crippen LogP contribution < -0.4 is 10.1 Å². The van der Waals surface area contributed by atoms with Crippen LogP contribution in [0.5, 0.6) is 5.75 Å². The van der Waals surface area contributed by atoms with Crippen molar-refractivity contribution in [1.29, 1.82) is 5.26 Å². The normalized spacial score (nSPS) is 24.4. The molecule has 1 aromatic rings. The molecule has 1 saturated heterocycles. The topological polar surface area (TPSA) is 69.7 Å². The predicted octanol–water partition coefficient (Wildman–Crippen LogP) is 3.03. The van der Waals surface area contributed by atoms with Gasteiger partial charge in [-0.2, -0.15) is 5.26 Å². The largest absolute Gasteiger partial charge is 0.493 e. The van der Waals surface area contributed by atoms with E-state index in [1.807, 2.05) is 0 Å². The van der Waals surface area contributed by atoms with Crippen molar-refractivity contribution in [1.82, 2.24) is 10.2 Å². The fourth-order valence-electron chi connectivity index (χ4n) is 3.83. The van der Waals surface area contributed by atoms with Gasteiger partial charge in [-0.15, -0.1) is 0 Å². The van der Waals surface area contributed by atoms with Crippen LogP contribution in [0, 0.1) is 29.6 Å². The van der Waals surface area contributed by atoms with Gasteiger partial charge < -0.3 is 15.0 Å². The molecule has 1 aliphatic carbocycles. The summed E-state index contributed by atoms with van der Waals surface area (Å²) in [6.45, 7) is 8.28. The first-order valence-electron chi connectivity index (χ1n) is 9.33. The Morgan fingerprint density at radius 1 is 1.44 bits per heavy atom. The number of carbonyl (C=O) groups is 1. The number of hydrogen-bond donors (Lipinski definition) is 1. The second kappa shape index (κ2) is 8.83. The molecule has 1 amide bonds. The average Bonchev–Trinajstić information content (AvgIpc) is 3.33. The molecule has 3 rings (SSSR count). The Bertz CT molecular complexity index is 770. The number of ether oxygens (including phenoxy) is 1. The lowest BCUT2D eigenvalue weighted by Crippen LogP contribution is -2.42. The highest BCUT2D eigenvalue weighted by Crippen LogP contribution is 2.28. The van der Waals surface area contributed by atoms with Crippen LogP contribution in [-0.2, 0) is 4.79 Å². The summed E-state index contributed by atoms with van der Waals surface area (Å²) in [5, 5.41) is 12.4. The summed E-state index contributed by atoms with van der Waals surface area (Å²) in [7, 11) is 0. The number of amides is 1. The number of rotatable bonds is 6. The molecule has 7 heteroatoms. The zero-order valence-electron chi connectivity index (χ0n) is 15.2. The quantitative estimate of drug-likeness (QED) is 0.782. The third-order valence-corrected chi connectivity index (χ3v) is 5.33. The third-order valence-electron chi connectivity index (χ3n) is 5.33. The van der Waals surface area contributed by atoms with Crippen molar-refractivity contribution < 1.29 is 13.9 Å². The number of halogens is 1. The summed E-state index contributed by atoms with van der Waals surface area (Å²) in [6.07, 6.45) is 4.51. The Morgan fingerprint density at radius 2 is 2.30 bits per heavy atom. The van der Waals surface area contributed by atoms with Gasteiger partial charge in [0.25, 0.3) is 0 Å². The molecule has 2 aliphatic rings. The van der Waals surface area contributed by atoms with Crippen LogP contribution in [0.3, 0.4) is 0 Å². The van der Waals surface area contributed by atoms with Crippen LogP contribution in [0.15, 0.2) is 18.2 Å². The van der Waals surface area contributed by atoms with Crippen molar-refractivity contribution in [2.24, 2.45) is 5.92 Å². The molecule has 1 heterocycles. The summed E-state index contributed by atoms with van der Waals surface area (Å²) >= 11 is 0. The van der Waals surface area contributed by atoms with E-state index >= 15 is 0 Å². The smallest absolute Gasteiger partial charge is 0.237 e. The van der Waals surface area contributed by atoms with Crippen LogP contribution >= 0.6 is 0 Å². The van der Waals surface area contributed by atoms with Gasteiger partial charge in [-0.3, -0.25) is 4.79 Å². The highest BCUT2D eigenvalue weighted by atomic mass is 19.1. The first-order valence-corrected chi connectivity index (χ1v) is 9.33. The third kappa shape index (κ3) is 4.75. The van der Waals surface area contributed by atoms with Crippen molar-refractivity contribution in [3.8, 4) is 11.8 Å². The van der Waals surface area contributed by atoms with Gasteiger partial charge in [-0.1, -0.05) is 0 Å². The molecule has 27 heavy (non-hydrogen) atoms. The minimum absolute atomic E-state index is 0.00544. The molecular weight excluding hydrogens is 347 g/mol. The lowest BCUT2D eigenvalue weighted by Gasteiger charge is -2.21. The number of nitriles is 1. The average molecular weight is 370 g/mol. The van der Waals surface area contributed by atoms with Crippen LogP contribution in [0.25, 0.3) is 4.85 Å². The zero-order valence-corrected chi connectivity index (χ0v) is 15.2. The van der Waals surface area contributed by atoms with E-state index in [1.54, 1.807) is 11.0 Å². The molecule has 0 aromatic heterocycles. The first kappa shape index (κ1) is 19.1. The Kier molecular flexibility index (Phi) is 6.26. The Balaban J connectivity index is 1.40. The second-order valence-corrected chi connectivity index (χ2v) is 7.17. The highest BCUT2D eigenvalue weighted by Gasteiger charge is 2.30. The van der Waals surface area contributed by atoms with Crippen LogP contribution in [0.2, 0.25) is 0 Å². The van der Waals surface area contributed by atoms with E-state index in [2.05, 4.69) is 16.2 Å². The van der Waals surface area contributed by atoms with E-state index in [0.29, 0.717) is 24.8 Å². The van der Waals surface area contributed by atoms with Gasteiger partial charge in [0.05, 0.1) is 25.8 Å². The lowest BCUT2D eigenvalue weighted by molar-refractivity contribution is -0.130. The van der Waals surface area contributed by atoms with Gasteiger partial charge >= 0.3 is 0 Å². The number of nitrogens with zero attached hydrogens (tertiary/aromatic N) is 3. The SMILES string of the molecule is [C-]#[N+]c1ccc(OC[C@H]2CC[C@@H](NCC(=O)N3CCC[C@H]3C#N)C2)cc1F. The van der Waals surface area contributed by atoms with Gasteiger partial charge in [0.1, 0.15) is 17.6 Å². The van der Waals surface area contributed by atoms with Crippen LogP contribution in [0.1, 0.15) is 32.1 Å². The maximum Gasteiger partial charge on any atom is 0.237 e. The van der Waals surface area contributed by atoms with E-state index in [9.17, 15) is 9.18 Å². The molecule has 0 bridgehead atoms. The zero-order chi connectivity index (χ0) is 19.2. The van der Waals surface area contributed by atoms with Gasteiger partial charge in [0.2, 0.25) is 11.6 Å². The monoisotopic (exact) mass is 370 g/mol. The number of nitrogens with one attached hydrogen (secondary N) is 1. The fraction of sp³-hybridized carbons (Fsp3) is 0.550. The van der Waals surface area contributed by atoms with E-state index in [4.69, 9.17) is 16.6 Å². The summed E-state index contributed by atoms with van der Waals surface area (Å²) in [5.74, 6) is 0.210. The van der Waals surface area contributed by atoms with E-state index in [1.165, 1.54) is 12.1 Å². The van der Waals surface area contributed by atoms with E-state index < -0.39 is 5.82 Å². The summed E-state index contributed by atoms with van der Waals surface area (Å²) in [6, 6.07) is 6.46. The predicted molar refractivity (Wildman–Crippen MR) is 97.6 cm³/mol. The van der Waals surface area contributed by atoms with Gasteiger partial charge in [-0.05, 0) is 50.2 Å². The van der Waals surface area contributed by atoms with Crippen LogP contribution in [0.4, 0.5) is 10.1 Å². The molecule has 3 atom stereocenters. The van der Waals surface area contributed by atoms with E-state index in [-0.39, 0.29) is 30.2 Å². The molecule has 142 valence electrons. The van der Waals surface area contributed by atoms with Crippen molar-refractivity contribution in [2.45, 2.75) is 44.2 Å². The molecule has 0 radical (unpaired) electrons. The fourth-order valence-corrected chi connectivity index (χ4v) is 3.83. The Morgan fingerprint density at radius 3 is 3.04 bits per heavy atom.